The molecule has 0 saturated carbocycles. The third kappa shape index (κ3) is 5.70. The first-order chi connectivity index (χ1) is 7.34. The maximum atomic E-state index is 6.06. The van der Waals surface area contributed by atoms with E-state index in [1.54, 1.807) is 0 Å². The Balaban J connectivity index is 2.12. The Morgan fingerprint density at radius 3 is 2.60 bits per heavy atom. The molecule has 15 heavy (non-hydrogen) atoms. The topological polar surface area (TPSA) is 0 Å². The summed E-state index contributed by atoms with van der Waals surface area (Å²) in [6.07, 6.45) is 3.62. The van der Waals surface area contributed by atoms with E-state index in [4.69, 9.17) is 23.2 Å². The van der Waals surface area contributed by atoms with Gasteiger partial charge >= 0.3 is 0 Å². The fourth-order valence-corrected chi connectivity index (χ4v) is 2.77. The van der Waals surface area contributed by atoms with E-state index in [0.717, 1.165) is 23.1 Å². The molecule has 1 aromatic rings. The lowest BCUT2D eigenvalue weighted by Gasteiger charge is -2.03. The van der Waals surface area contributed by atoms with E-state index in [0.29, 0.717) is 0 Å². The van der Waals surface area contributed by atoms with Gasteiger partial charge in [-0.1, -0.05) is 36.2 Å². The molecule has 0 nitrogen and oxygen atoms in total. The van der Waals surface area contributed by atoms with Crippen LogP contribution in [-0.4, -0.2) is 11.6 Å². The molecular weight excluding hydrogens is 247 g/mol. The molecule has 0 amide bonds. The van der Waals surface area contributed by atoms with Crippen LogP contribution in [0.3, 0.4) is 0 Å². The van der Waals surface area contributed by atoms with Gasteiger partial charge in [0.2, 0.25) is 0 Å². The van der Waals surface area contributed by atoms with E-state index in [-0.39, 0.29) is 0 Å². The molecule has 84 valence electrons. The summed E-state index contributed by atoms with van der Waals surface area (Å²) in [5.41, 5.74) is 1.24. The van der Waals surface area contributed by atoms with Gasteiger partial charge in [0.05, 0.1) is 0 Å². The quantitative estimate of drug-likeness (QED) is 0.493. The monoisotopic (exact) mass is 262 g/mol. The van der Waals surface area contributed by atoms with Crippen LogP contribution in [0.4, 0.5) is 0 Å². The normalized spacial score (nSPS) is 10.5. The van der Waals surface area contributed by atoms with Crippen LogP contribution in [0.5, 0.6) is 0 Å². The maximum absolute atomic E-state index is 6.06. The second-order valence-electron chi connectivity index (χ2n) is 3.39. The van der Waals surface area contributed by atoms with Crippen molar-refractivity contribution in [2.45, 2.75) is 25.0 Å². The first-order valence-corrected chi connectivity index (χ1v) is 7.28. The zero-order chi connectivity index (χ0) is 10.9. The van der Waals surface area contributed by atoms with Crippen molar-refractivity contribution in [1.29, 1.82) is 0 Å². The molecule has 3 heteroatoms. The molecular formula is C12H16Cl2S. The smallest absolute Gasteiger partial charge is 0.0446 e. The van der Waals surface area contributed by atoms with Crippen LogP contribution >= 0.6 is 35.0 Å². The molecule has 0 aliphatic rings. The summed E-state index contributed by atoms with van der Waals surface area (Å²) in [4.78, 5) is 0. The van der Waals surface area contributed by atoms with Gasteiger partial charge in [0.25, 0.3) is 0 Å². The summed E-state index contributed by atoms with van der Waals surface area (Å²) >= 11 is 13.6. The predicted octanol–water partition coefficient (Wildman–Crippen LogP) is 4.98. The van der Waals surface area contributed by atoms with E-state index in [1.165, 1.54) is 24.2 Å². The Kier molecular flexibility index (Phi) is 7.33. The summed E-state index contributed by atoms with van der Waals surface area (Å²) in [6, 6.07) is 8.05. The molecule has 0 atom stereocenters. The minimum absolute atomic E-state index is 0.787. The Hall–Kier alpha value is 0.150. The van der Waals surface area contributed by atoms with Crippen LogP contribution in [0.15, 0.2) is 24.3 Å². The lowest BCUT2D eigenvalue weighted by atomic mass is 10.2. The fraction of sp³-hybridized carbons (Fsp3) is 0.500. The average Bonchev–Trinajstić information content (AvgIpc) is 2.25. The first kappa shape index (κ1) is 13.2. The number of unbranched alkanes of at least 4 members (excludes halogenated alkanes) is 2. The van der Waals surface area contributed by atoms with E-state index in [9.17, 15) is 0 Å². The van der Waals surface area contributed by atoms with Crippen molar-refractivity contribution >= 4 is 35.0 Å². The predicted molar refractivity (Wildman–Crippen MR) is 72.2 cm³/mol. The van der Waals surface area contributed by atoms with E-state index in [2.05, 4.69) is 6.07 Å². The van der Waals surface area contributed by atoms with Gasteiger partial charge in [0.15, 0.2) is 0 Å². The summed E-state index contributed by atoms with van der Waals surface area (Å²) in [5.74, 6) is 3.00. The Labute approximate surface area is 106 Å². The molecule has 0 aromatic heterocycles. The third-order valence-electron chi connectivity index (χ3n) is 2.14. The van der Waals surface area contributed by atoms with Crippen molar-refractivity contribution in [2.75, 3.05) is 11.6 Å². The van der Waals surface area contributed by atoms with Crippen molar-refractivity contribution in [3.05, 3.63) is 34.9 Å². The Morgan fingerprint density at radius 2 is 1.87 bits per heavy atom. The van der Waals surface area contributed by atoms with Crippen LogP contribution in [0, 0.1) is 0 Å². The molecule has 0 saturated heterocycles. The lowest BCUT2D eigenvalue weighted by Crippen LogP contribution is -1.86. The standard InChI is InChI=1S/C12H16Cl2S/c13-8-4-1-5-9-15-10-11-6-2-3-7-12(11)14/h2-3,6-7H,1,4-5,8-10H2. The van der Waals surface area contributed by atoms with Crippen LogP contribution in [0.1, 0.15) is 24.8 Å². The minimum Gasteiger partial charge on any atom is -0.157 e. The number of rotatable bonds is 7. The number of hydrogen-bond acceptors (Lipinski definition) is 1. The van der Waals surface area contributed by atoms with Gasteiger partial charge in [0, 0.05) is 16.7 Å². The molecule has 1 aromatic carbocycles. The molecule has 0 bridgehead atoms. The maximum Gasteiger partial charge on any atom is 0.0446 e. The van der Waals surface area contributed by atoms with E-state index >= 15 is 0 Å². The highest BCUT2D eigenvalue weighted by molar-refractivity contribution is 7.98. The van der Waals surface area contributed by atoms with E-state index in [1.807, 2.05) is 30.0 Å². The highest BCUT2D eigenvalue weighted by Crippen LogP contribution is 2.21. The summed E-state index contributed by atoms with van der Waals surface area (Å²) in [7, 11) is 0. The second-order valence-corrected chi connectivity index (χ2v) is 5.28. The second kappa shape index (κ2) is 8.32. The van der Waals surface area contributed by atoms with Gasteiger partial charge < -0.3 is 0 Å². The van der Waals surface area contributed by atoms with Gasteiger partial charge in [-0.15, -0.1) is 11.6 Å². The first-order valence-electron chi connectivity index (χ1n) is 5.21. The number of benzene rings is 1. The van der Waals surface area contributed by atoms with Crippen molar-refractivity contribution in [3.63, 3.8) is 0 Å². The molecule has 0 unspecified atom stereocenters. The molecule has 0 aliphatic heterocycles. The highest BCUT2D eigenvalue weighted by Gasteiger charge is 1.98. The van der Waals surface area contributed by atoms with Crippen molar-refractivity contribution in [2.24, 2.45) is 0 Å². The molecule has 0 aliphatic carbocycles. The number of alkyl halides is 1. The van der Waals surface area contributed by atoms with Crippen LogP contribution in [0.2, 0.25) is 5.02 Å². The average molecular weight is 263 g/mol. The highest BCUT2D eigenvalue weighted by atomic mass is 35.5. The van der Waals surface area contributed by atoms with Crippen LogP contribution in [0.25, 0.3) is 0 Å². The van der Waals surface area contributed by atoms with E-state index < -0.39 is 0 Å². The van der Waals surface area contributed by atoms with Crippen molar-refractivity contribution in [3.8, 4) is 0 Å². The number of halogens is 2. The largest absolute Gasteiger partial charge is 0.157 e. The SMILES string of the molecule is ClCCCCCSCc1ccccc1Cl. The third-order valence-corrected chi connectivity index (χ3v) is 3.87. The zero-order valence-electron chi connectivity index (χ0n) is 8.72. The Morgan fingerprint density at radius 1 is 1.07 bits per heavy atom. The number of hydrogen-bond donors (Lipinski definition) is 0. The lowest BCUT2D eigenvalue weighted by molar-refractivity contribution is 0.783. The molecule has 1 rings (SSSR count). The summed E-state index contributed by atoms with van der Waals surface area (Å²) in [5, 5.41) is 0.880. The van der Waals surface area contributed by atoms with Gasteiger partial charge in [-0.2, -0.15) is 11.8 Å². The van der Waals surface area contributed by atoms with Crippen molar-refractivity contribution in [1.82, 2.24) is 0 Å². The van der Waals surface area contributed by atoms with Gasteiger partial charge in [-0.05, 0) is 30.2 Å². The Bertz CT molecular complexity index is 276. The summed E-state index contributed by atoms with van der Waals surface area (Å²) in [6.45, 7) is 0. The molecule has 0 fully saturated rings. The molecule has 0 spiro atoms. The van der Waals surface area contributed by atoms with Gasteiger partial charge in [0.1, 0.15) is 0 Å². The number of thioether (sulfide) groups is 1. The summed E-state index contributed by atoms with van der Waals surface area (Å²) < 4.78 is 0. The molecule has 0 N–H and O–H groups in total. The van der Waals surface area contributed by atoms with Crippen LogP contribution < -0.4 is 0 Å². The molecule has 0 radical (unpaired) electrons. The van der Waals surface area contributed by atoms with Crippen molar-refractivity contribution < 1.29 is 0 Å². The fourth-order valence-electron chi connectivity index (χ4n) is 1.27. The zero-order valence-corrected chi connectivity index (χ0v) is 11.0. The van der Waals surface area contributed by atoms with Crippen LogP contribution in [-0.2, 0) is 5.75 Å². The van der Waals surface area contributed by atoms with Gasteiger partial charge in [-0.3, -0.25) is 0 Å². The minimum atomic E-state index is 0.787. The van der Waals surface area contributed by atoms with Gasteiger partial charge in [-0.25, -0.2) is 0 Å². The molecule has 0 heterocycles.